The molecule has 0 aliphatic carbocycles. The van der Waals surface area contributed by atoms with Crippen molar-refractivity contribution in [3.05, 3.63) is 29.3 Å². The Morgan fingerprint density at radius 2 is 2.27 bits per heavy atom. The Hall–Kier alpha value is -0.835. The van der Waals surface area contributed by atoms with Gasteiger partial charge in [-0.15, -0.1) is 0 Å². The van der Waals surface area contributed by atoms with Crippen molar-refractivity contribution in [1.29, 1.82) is 0 Å². The molecule has 0 atom stereocenters. The summed E-state index contributed by atoms with van der Waals surface area (Å²) in [6.07, 6.45) is 0. The first-order valence-corrected chi connectivity index (χ1v) is 5.13. The molecule has 0 radical (unpaired) electrons. The van der Waals surface area contributed by atoms with Crippen molar-refractivity contribution in [2.45, 2.75) is 13.5 Å². The summed E-state index contributed by atoms with van der Waals surface area (Å²) in [6.45, 7) is 3.89. The fourth-order valence-electron chi connectivity index (χ4n) is 1.72. The number of rotatable bonds is 4. The van der Waals surface area contributed by atoms with Crippen LogP contribution in [0, 0.1) is 6.92 Å². The van der Waals surface area contributed by atoms with Crippen LogP contribution in [0.15, 0.2) is 18.2 Å². The second-order valence-electron chi connectivity index (χ2n) is 3.71. The van der Waals surface area contributed by atoms with Gasteiger partial charge in [0.05, 0.1) is 19.8 Å². The smallest absolute Gasteiger partial charge is 0.405 e. The van der Waals surface area contributed by atoms with E-state index in [1.807, 2.05) is 0 Å². The van der Waals surface area contributed by atoms with Crippen LogP contribution in [-0.4, -0.2) is 27.4 Å². The minimum atomic E-state index is -0.212. The van der Waals surface area contributed by atoms with E-state index in [-0.39, 0.29) is 7.12 Å². The molecule has 0 unspecified atom stereocenters. The van der Waals surface area contributed by atoms with Gasteiger partial charge in [-0.05, 0) is 17.9 Å². The van der Waals surface area contributed by atoms with Crippen molar-refractivity contribution < 1.29 is 14.0 Å². The van der Waals surface area contributed by atoms with E-state index in [2.05, 4.69) is 25.1 Å². The number of methoxy groups -OCH3 is 1. The Kier molecular flexibility index (Phi) is 3.41. The predicted molar refractivity (Wildman–Crippen MR) is 59.2 cm³/mol. The molecule has 1 aliphatic heterocycles. The van der Waals surface area contributed by atoms with E-state index < -0.39 is 0 Å². The molecule has 1 aliphatic rings. The predicted octanol–water partition coefficient (Wildman–Crippen LogP) is 0.883. The fraction of sp³-hybridized carbons (Fsp3) is 0.455. The van der Waals surface area contributed by atoms with Crippen LogP contribution in [0.3, 0.4) is 0 Å². The highest BCUT2D eigenvalue weighted by Crippen LogP contribution is 2.13. The maximum Gasteiger partial charge on any atom is 0.494 e. The van der Waals surface area contributed by atoms with Gasteiger partial charge in [0.25, 0.3) is 0 Å². The Bertz CT molecular complexity index is 341. The van der Waals surface area contributed by atoms with E-state index >= 15 is 0 Å². The maximum atomic E-state index is 5.56. The van der Waals surface area contributed by atoms with Crippen molar-refractivity contribution in [2.75, 3.05) is 20.3 Å². The first-order valence-electron chi connectivity index (χ1n) is 5.13. The third kappa shape index (κ3) is 2.40. The van der Waals surface area contributed by atoms with Gasteiger partial charge in [0.15, 0.2) is 0 Å². The van der Waals surface area contributed by atoms with E-state index in [4.69, 9.17) is 14.0 Å². The van der Waals surface area contributed by atoms with Crippen LogP contribution in [-0.2, 0) is 20.7 Å². The summed E-state index contributed by atoms with van der Waals surface area (Å²) in [5.74, 6) is 0. The molecule has 80 valence electrons. The number of aryl methyl sites for hydroxylation is 1. The summed E-state index contributed by atoms with van der Waals surface area (Å²) in [5.41, 5.74) is 3.64. The number of hydrogen-bond acceptors (Lipinski definition) is 3. The van der Waals surface area contributed by atoms with Gasteiger partial charge in [-0.2, -0.15) is 0 Å². The second kappa shape index (κ2) is 4.79. The lowest BCUT2D eigenvalue weighted by molar-refractivity contribution is 0.126. The van der Waals surface area contributed by atoms with Crippen LogP contribution in [0.4, 0.5) is 0 Å². The Balaban J connectivity index is 2.02. The van der Waals surface area contributed by atoms with Crippen molar-refractivity contribution in [3.8, 4) is 0 Å². The van der Waals surface area contributed by atoms with Crippen LogP contribution in [0.5, 0.6) is 0 Å². The molecule has 0 amide bonds. The second-order valence-corrected chi connectivity index (χ2v) is 3.71. The standard InChI is InChI=1S/C11H15BO3/c1-9-3-4-11-10(7-9)8-15-12(11)14-6-5-13-2/h3-4,7H,5-6,8H2,1-2H3. The van der Waals surface area contributed by atoms with Crippen molar-refractivity contribution in [1.82, 2.24) is 0 Å². The molecule has 1 aromatic carbocycles. The molecule has 15 heavy (non-hydrogen) atoms. The monoisotopic (exact) mass is 206 g/mol. The lowest BCUT2D eigenvalue weighted by Gasteiger charge is -2.07. The molecule has 3 nitrogen and oxygen atoms in total. The van der Waals surface area contributed by atoms with E-state index in [1.165, 1.54) is 11.1 Å². The van der Waals surface area contributed by atoms with Gasteiger partial charge >= 0.3 is 7.12 Å². The molecule has 0 aromatic heterocycles. The van der Waals surface area contributed by atoms with Gasteiger partial charge in [0.1, 0.15) is 0 Å². The van der Waals surface area contributed by atoms with Crippen LogP contribution < -0.4 is 5.46 Å². The molecular weight excluding hydrogens is 191 g/mol. The van der Waals surface area contributed by atoms with Crippen LogP contribution in [0.25, 0.3) is 0 Å². The lowest BCUT2D eigenvalue weighted by Crippen LogP contribution is -2.33. The van der Waals surface area contributed by atoms with E-state index in [9.17, 15) is 0 Å². The summed E-state index contributed by atoms with van der Waals surface area (Å²) >= 11 is 0. The SMILES string of the molecule is COCCOB1OCc2cc(C)ccc21. The van der Waals surface area contributed by atoms with Crippen molar-refractivity contribution in [3.63, 3.8) is 0 Å². The molecule has 0 saturated carbocycles. The highest BCUT2D eigenvalue weighted by Gasteiger charge is 2.30. The largest absolute Gasteiger partial charge is 0.494 e. The molecule has 4 heteroatoms. The lowest BCUT2D eigenvalue weighted by atomic mass is 9.78. The quantitative estimate of drug-likeness (QED) is 0.540. The highest BCUT2D eigenvalue weighted by molar-refractivity contribution is 6.62. The van der Waals surface area contributed by atoms with Crippen molar-refractivity contribution >= 4 is 12.6 Å². The zero-order valence-corrected chi connectivity index (χ0v) is 9.16. The minimum Gasteiger partial charge on any atom is -0.405 e. The summed E-state index contributed by atoms with van der Waals surface area (Å²) in [5, 5.41) is 0. The average molecular weight is 206 g/mol. The highest BCUT2D eigenvalue weighted by atomic mass is 16.6. The van der Waals surface area contributed by atoms with Crippen LogP contribution >= 0.6 is 0 Å². The maximum absolute atomic E-state index is 5.56. The van der Waals surface area contributed by atoms with Gasteiger partial charge in [0.2, 0.25) is 0 Å². The molecule has 2 rings (SSSR count). The fourth-order valence-corrected chi connectivity index (χ4v) is 1.72. The summed E-state index contributed by atoms with van der Waals surface area (Å²) in [7, 11) is 1.45. The molecule has 0 fully saturated rings. The molecule has 1 aromatic rings. The van der Waals surface area contributed by atoms with E-state index in [0.29, 0.717) is 19.8 Å². The summed E-state index contributed by atoms with van der Waals surface area (Å²) < 4.78 is 16.0. The topological polar surface area (TPSA) is 27.7 Å². The molecule has 0 saturated heterocycles. The van der Waals surface area contributed by atoms with Crippen LogP contribution in [0.1, 0.15) is 11.1 Å². The van der Waals surface area contributed by atoms with E-state index in [0.717, 1.165) is 5.46 Å². The van der Waals surface area contributed by atoms with Gasteiger partial charge in [0, 0.05) is 7.11 Å². The van der Waals surface area contributed by atoms with E-state index in [1.54, 1.807) is 7.11 Å². The van der Waals surface area contributed by atoms with Gasteiger partial charge < -0.3 is 14.0 Å². The Labute approximate surface area is 90.5 Å². The normalized spacial score (nSPS) is 14.4. The Morgan fingerprint density at radius 3 is 3.07 bits per heavy atom. The van der Waals surface area contributed by atoms with Crippen LogP contribution in [0.2, 0.25) is 0 Å². The zero-order chi connectivity index (χ0) is 10.7. The molecule has 0 spiro atoms. The minimum absolute atomic E-state index is 0.212. The van der Waals surface area contributed by atoms with Gasteiger partial charge in [-0.1, -0.05) is 23.8 Å². The first kappa shape index (κ1) is 10.7. The third-order valence-electron chi connectivity index (χ3n) is 2.50. The number of ether oxygens (including phenoxy) is 1. The Morgan fingerprint density at radius 1 is 1.40 bits per heavy atom. The van der Waals surface area contributed by atoms with Gasteiger partial charge in [-0.25, -0.2) is 0 Å². The van der Waals surface area contributed by atoms with Gasteiger partial charge in [-0.3, -0.25) is 0 Å². The molecular formula is C11H15BO3. The van der Waals surface area contributed by atoms with Crippen molar-refractivity contribution in [2.24, 2.45) is 0 Å². The zero-order valence-electron chi connectivity index (χ0n) is 9.16. The number of hydrogen-bond donors (Lipinski definition) is 0. The first-order chi connectivity index (χ1) is 7.31. The summed E-state index contributed by atoms with van der Waals surface area (Å²) in [4.78, 5) is 0. The number of benzene rings is 1. The average Bonchev–Trinajstić information content (AvgIpc) is 2.61. The summed E-state index contributed by atoms with van der Waals surface area (Å²) in [6, 6.07) is 6.31. The molecule has 1 heterocycles. The number of fused-ring (bicyclic) bond motifs is 1. The molecule has 0 bridgehead atoms. The molecule has 0 N–H and O–H groups in total. The third-order valence-corrected chi connectivity index (χ3v) is 2.50.